The minimum absolute atomic E-state index is 0.0791. The van der Waals surface area contributed by atoms with Crippen molar-refractivity contribution < 1.29 is 4.79 Å². The smallest absolute Gasteiger partial charge is 0.337 e. The lowest BCUT2D eigenvalue weighted by Gasteiger charge is -2.20. The van der Waals surface area contributed by atoms with Crippen LogP contribution in [-0.2, 0) is 24.2 Å². The van der Waals surface area contributed by atoms with Gasteiger partial charge in [0.15, 0.2) is 0 Å². The summed E-state index contributed by atoms with van der Waals surface area (Å²) in [7, 11) is 0. The highest BCUT2D eigenvalue weighted by Gasteiger charge is 2.25. The Morgan fingerprint density at radius 2 is 1.77 bits per heavy atom. The van der Waals surface area contributed by atoms with Crippen LogP contribution in [0.15, 0.2) is 33.9 Å². The highest BCUT2D eigenvalue weighted by Crippen LogP contribution is 2.34. The van der Waals surface area contributed by atoms with E-state index in [4.69, 9.17) is 11.6 Å². The highest BCUT2D eigenvalue weighted by molar-refractivity contribution is 7.18. The fourth-order valence-electron chi connectivity index (χ4n) is 4.14. The molecule has 0 aliphatic heterocycles. The molecular formula is C22H24ClN3O3S. The topological polar surface area (TPSA) is 64.3 Å². The molecule has 1 aromatic carbocycles. The fourth-order valence-corrected chi connectivity index (χ4v) is 5.64. The van der Waals surface area contributed by atoms with Crippen LogP contribution in [0, 0.1) is 0 Å². The van der Waals surface area contributed by atoms with Crippen molar-refractivity contribution in [1.29, 1.82) is 0 Å². The quantitative estimate of drug-likeness (QED) is 0.602. The molecule has 1 amide bonds. The first kappa shape index (κ1) is 20.9. The molecule has 0 unspecified atom stereocenters. The monoisotopic (exact) mass is 445 g/mol. The molecule has 0 spiro atoms. The molecule has 3 aromatic rings. The van der Waals surface area contributed by atoms with Gasteiger partial charge in [-0.15, -0.1) is 11.3 Å². The van der Waals surface area contributed by atoms with Crippen LogP contribution in [0.4, 0.5) is 0 Å². The van der Waals surface area contributed by atoms with Gasteiger partial charge in [0.05, 0.1) is 11.1 Å². The number of fused-ring (bicyclic) bond motifs is 3. The van der Waals surface area contributed by atoms with Crippen LogP contribution >= 0.6 is 22.9 Å². The number of likely N-dealkylation sites (N-methyl/N-ethyl adjacent to an activating group) is 1. The molecular weight excluding hydrogens is 422 g/mol. The number of hydrogen-bond donors (Lipinski definition) is 0. The summed E-state index contributed by atoms with van der Waals surface area (Å²) in [5.41, 5.74) is 0.686. The number of benzene rings is 1. The number of carbonyl (C=O) groups excluding carboxylic acids is 1. The Kier molecular flexibility index (Phi) is 5.84. The summed E-state index contributed by atoms with van der Waals surface area (Å²) in [6.45, 7) is 4.90. The lowest BCUT2D eigenvalue weighted by molar-refractivity contribution is -0.131. The molecule has 2 heterocycles. The van der Waals surface area contributed by atoms with E-state index >= 15 is 0 Å². The number of halogens is 1. The zero-order chi connectivity index (χ0) is 21.4. The first-order valence-electron chi connectivity index (χ1n) is 10.3. The Morgan fingerprint density at radius 1 is 1.10 bits per heavy atom. The van der Waals surface area contributed by atoms with Crippen LogP contribution in [0.25, 0.3) is 15.9 Å². The van der Waals surface area contributed by atoms with Crippen molar-refractivity contribution in [2.75, 3.05) is 13.1 Å². The lowest BCUT2D eigenvalue weighted by atomic mass is 9.97. The number of rotatable bonds is 5. The fraction of sp³-hybridized carbons (Fsp3) is 0.409. The maximum atomic E-state index is 13.5. The molecule has 0 atom stereocenters. The van der Waals surface area contributed by atoms with Gasteiger partial charge in [0, 0.05) is 23.0 Å². The zero-order valence-corrected chi connectivity index (χ0v) is 18.7. The van der Waals surface area contributed by atoms with Gasteiger partial charge in [0.1, 0.15) is 11.4 Å². The number of carbonyl (C=O) groups is 1. The SMILES string of the molecule is CCN(CC)C(=O)Cn1c(=O)n(-c2ccc(Cl)cc2)c(=O)c2c3c(sc21)CCCC3. The molecule has 0 bridgehead atoms. The van der Waals surface area contributed by atoms with Crippen LogP contribution in [0.1, 0.15) is 37.1 Å². The average Bonchev–Trinajstić information content (AvgIpc) is 3.13. The maximum absolute atomic E-state index is 13.5. The number of amides is 1. The van der Waals surface area contributed by atoms with E-state index in [-0.39, 0.29) is 18.0 Å². The van der Waals surface area contributed by atoms with Crippen molar-refractivity contribution in [3.8, 4) is 5.69 Å². The largest absolute Gasteiger partial charge is 0.342 e. The van der Waals surface area contributed by atoms with Gasteiger partial charge >= 0.3 is 5.69 Å². The predicted molar refractivity (Wildman–Crippen MR) is 121 cm³/mol. The maximum Gasteiger partial charge on any atom is 0.337 e. The standard InChI is InChI=1S/C22H24ClN3O3S/c1-3-24(4-2)18(27)13-25-21-19(16-7-5-6-8-17(16)30-21)20(28)26(22(25)29)15-11-9-14(23)10-12-15/h9-12H,3-8,13H2,1-2H3. The second-order valence-electron chi connectivity index (χ2n) is 7.44. The summed E-state index contributed by atoms with van der Waals surface area (Å²) < 4.78 is 2.66. The van der Waals surface area contributed by atoms with E-state index in [0.717, 1.165) is 36.1 Å². The molecule has 1 aliphatic carbocycles. The van der Waals surface area contributed by atoms with E-state index in [0.29, 0.717) is 34.0 Å². The molecule has 0 saturated heterocycles. The van der Waals surface area contributed by atoms with Gasteiger partial charge in [-0.05, 0) is 69.4 Å². The van der Waals surface area contributed by atoms with Gasteiger partial charge < -0.3 is 4.90 Å². The van der Waals surface area contributed by atoms with Gasteiger partial charge in [0.2, 0.25) is 5.91 Å². The van der Waals surface area contributed by atoms with E-state index in [9.17, 15) is 14.4 Å². The van der Waals surface area contributed by atoms with Crippen LogP contribution in [-0.4, -0.2) is 33.0 Å². The molecule has 2 aromatic heterocycles. The zero-order valence-electron chi connectivity index (χ0n) is 17.1. The molecule has 0 N–H and O–H groups in total. The minimum Gasteiger partial charge on any atom is -0.342 e. The molecule has 0 radical (unpaired) electrons. The van der Waals surface area contributed by atoms with E-state index in [1.807, 2.05) is 13.8 Å². The minimum atomic E-state index is -0.492. The first-order valence-corrected chi connectivity index (χ1v) is 11.5. The average molecular weight is 446 g/mol. The third kappa shape index (κ3) is 3.50. The molecule has 8 heteroatoms. The van der Waals surface area contributed by atoms with Crippen molar-refractivity contribution in [2.45, 2.75) is 46.1 Å². The Morgan fingerprint density at radius 3 is 2.43 bits per heavy atom. The van der Waals surface area contributed by atoms with Crippen LogP contribution < -0.4 is 11.2 Å². The van der Waals surface area contributed by atoms with E-state index in [1.165, 1.54) is 20.5 Å². The first-order chi connectivity index (χ1) is 14.5. The lowest BCUT2D eigenvalue weighted by Crippen LogP contribution is -2.42. The Hall–Kier alpha value is -2.38. The van der Waals surface area contributed by atoms with Gasteiger partial charge in [-0.3, -0.25) is 14.2 Å². The molecule has 0 saturated carbocycles. The number of aryl methyl sites for hydroxylation is 2. The van der Waals surface area contributed by atoms with Crippen molar-refractivity contribution in [3.05, 3.63) is 60.6 Å². The Labute approximate surface area is 183 Å². The second kappa shape index (κ2) is 8.40. The van der Waals surface area contributed by atoms with Crippen molar-refractivity contribution in [3.63, 3.8) is 0 Å². The van der Waals surface area contributed by atoms with Gasteiger partial charge in [-0.1, -0.05) is 11.6 Å². The number of hydrogen-bond acceptors (Lipinski definition) is 4. The normalized spacial score (nSPS) is 13.4. The Balaban J connectivity index is 2.00. The number of nitrogens with zero attached hydrogens (tertiary/aromatic N) is 3. The number of aromatic nitrogens is 2. The van der Waals surface area contributed by atoms with Crippen molar-refractivity contribution in [1.82, 2.24) is 14.0 Å². The summed E-state index contributed by atoms with van der Waals surface area (Å²) in [4.78, 5) is 43.3. The van der Waals surface area contributed by atoms with Crippen molar-refractivity contribution >= 4 is 39.1 Å². The highest BCUT2D eigenvalue weighted by atomic mass is 35.5. The molecule has 6 nitrogen and oxygen atoms in total. The van der Waals surface area contributed by atoms with E-state index < -0.39 is 5.69 Å². The molecule has 0 fully saturated rings. The molecule has 30 heavy (non-hydrogen) atoms. The van der Waals surface area contributed by atoms with Crippen molar-refractivity contribution in [2.24, 2.45) is 0 Å². The Bertz CT molecular complexity index is 1220. The molecule has 1 aliphatic rings. The van der Waals surface area contributed by atoms with E-state index in [1.54, 1.807) is 29.2 Å². The number of thiophene rings is 1. The summed E-state index contributed by atoms with van der Waals surface area (Å²) in [5.74, 6) is -0.129. The second-order valence-corrected chi connectivity index (χ2v) is 8.96. The summed E-state index contributed by atoms with van der Waals surface area (Å²) in [5, 5.41) is 1.11. The molecule has 4 rings (SSSR count). The summed E-state index contributed by atoms with van der Waals surface area (Å²) in [6, 6.07) is 6.63. The summed E-state index contributed by atoms with van der Waals surface area (Å²) in [6.07, 6.45) is 3.84. The van der Waals surface area contributed by atoms with Crippen LogP contribution in [0.5, 0.6) is 0 Å². The van der Waals surface area contributed by atoms with Crippen LogP contribution in [0.3, 0.4) is 0 Å². The van der Waals surface area contributed by atoms with Gasteiger partial charge in [-0.2, -0.15) is 0 Å². The third-order valence-electron chi connectivity index (χ3n) is 5.73. The van der Waals surface area contributed by atoms with Gasteiger partial charge in [-0.25, -0.2) is 9.36 Å². The van der Waals surface area contributed by atoms with E-state index in [2.05, 4.69) is 0 Å². The molecule has 158 valence electrons. The van der Waals surface area contributed by atoms with Crippen LogP contribution in [0.2, 0.25) is 5.02 Å². The third-order valence-corrected chi connectivity index (χ3v) is 7.30. The van der Waals surface area contributed by atoms with Gasteiger partial charge in [0.25, 0.3) is 5.56 Å². The predicted octanol–water partition coefficient (Wildman–Crippen LogP) is 3.61. The summed E-state index contributed by atoms with van der Waals surface area (Å²) >= 11 is 7.49.